The zero-order valence-corrected chi connectivity index (χ0v) is 17.8. The highest BCUT2D eigenvalue weighted by molar-refractivity contribution is 7.99. The van der Waals surface area contributed by atoms with Crippen LogP contribution in [0.5, 0.6) is 5.75 Å². The zero-order valence-electron chi connectivity index (χ0n) is 17.0. The van der Waals surface area contributed by atoms with Crippen LogP contribution in [-0.2, 0) is 23.1 Å². The lowest BCUT2D eigenvalue weighted by Crippen LogP contribution is -2.17. The first-order valence-corrected chi connectivity index (χ1v) is 10.3. The minimum absolute atomic E-state index is 0.0937. The average molecular weight is 426 g/mol. The Morgan fingerprint density at radius 3 is 2.47 bits per heavy atom. The number of benzene rings is 2. The summed E-state index contributed by atoms with van der Waals surface area (Å²) >= 11 is 1.26. The molecule has 0 spiro atoms. The van der Waals surface area contributed by atoms with E-state index in [4.69, 9.17) is 4.74 Å². The Morgan fingerprint density at radius 2 is 1.77 bits per heavy atom. The lowest BCUT2D eigenvalue weighted by atomic mass is 10.2. The molecule has 0 bridgehead atoms. The molecule has 3 aromatic rings. The third-order valence-electron chi connectivity index (χ3n) is 4.37. The molecule has 8 nitrogen and oxygen atoms in total. The second-order valence-electron chi connectivity index (χ2n) is 6.56. The van der Waals surface area contributed by atoms with Crippen molar-refractivity contribution in [2.45, 2.75) is 18.5 Å². The summed E-state index contributed by atoms with van der Waals surface area (Å²) in [5.74, 6) is 1.09. The second kappa shape index (κ2) is 9.93. The number of methoxy groups -OCH3 is 1. The van der Waals surface area contributed by atoms with Crippen molar-refractivity contribution in [3.05, 3.63) is 59.9 Å². The van der Waals surface area contributed by atoms with Gasteiger partial charge in [-0.25, -0.2) is 0 Å². The fourth-order valence-corrected chi connectivity index (χ4v) is 3.41. The number of aromatic nitrogens is 3. The Kier molecular flexibility index (Phi) is 7.08. The molecule has 30 heavy (non-hydrogen) atoms. The number of ether oxygens (including phenoxy) is 1. The number of anilines is 2. The molecule has 1 heterocycles. The lowest BCUT2D eigenvalue weighted by molar-refractivity contribution is -0.116. The van der Waals surface area contributed by atoms with Gasteiger partial charge in [-0.2, -0.15) is 0 Å². The first-order chi connectivity index (χ1) is 14.5. The van der Waals surface area contributed by atoms with E-state index in [1.807, 2.05) is 31.2 Å². The monoisotopic (exact) mass is 425 g/mol. The van der Waals surface area contributed by atoms with Gasteiger partial charge in [0.15, 0.2) is 5.16 Å². The van der Waals surface area contributed by atoms with Crippen molar-refractivity contribution in [3.8, 4) is 5.75 Å². The van der Waals surface area contributed by atoms with Gasteiger partial charge in [0.05, 0.1) is 19.3 Å². The van der Waals surface area contributed by atoms with Gasteiger partial charge in [0.2, 0.25) is 11.8 Å². The average Bonchev–Trinajstić information content (AvgIpc) is 3.08. The molecule has 0 atom stereocenters. The highest BCUT2D eigenvalue weighted by atomic mass is 32.2. The molecule has 0 aliphatic carbocycles. The number of carbonyl (C=O) groups excluding carboxylic acids is 2. The molecule has 0 fully saturated rings. The smallest absolute Gasteiger partial charge is 0.234 e. The van der Waals surface area contributed by atoms with Crippen molar-refractivity contribution in [2.75, 3.05) is 23.5 Å². The minimum Gasteiger partial charge on any atom is -0.497 e. The number of aryl methyl sites for hydroxylation is 1. The maximum absolute atomic E-state index is 12.3. The van der Waals surface area contributed by atoms with Crippen LogP contribution in [0.25, 0.3) is 0 Å². The van der Waals surface area contributed by atoms with Crippen LogP contribution in [-0.4, -0.2) is 39.4 Å². The Balaban J connectivity index is 1.52. The van der Waals surface area contributed by atoms with E-state index < -0.39 is 0 Å². The first-order valence-electron chi connectivity index (χ1n) is 9.26. The standard InChI is InChI=1S/C21H23N5O3S/c1-14-6-4-5-7-17(14)23-19(27)12-18-24-25-21(26(18)2)30-13-20(28)22-15-8-10-16(29-3)11-9-15/h4-11H,12-13H2,1-3H3,(H,22,28)(H,23,27). The van der Waals surface area contributed by atoms with Crippen molar-refractivity contribution < 1.29 is 14.3 Å². The summed E-state index contributed by atoms with van der Waals surface area (Å²) < 4.78 is 6.82. The van der Waals surface area contributed by atoms with Gasteiger partial charge in [0.1, 0.15) is 11.6 Å². The Morgan fingerprint density at radius 1 is 1.03 bits per heavy atom. The summed E-state index contributed by atoms with van der Waals surface area (Å²) in [7, 11) is 3.37. The third-order valence-corrected chi connectivity index (χ3v) is 5.39. The fourth-order valence-electron chi connectivity index (χ4n) is 2.68. The van der Waals surface area contributed by atoms with E-state index in [9.17, 15) is 9.59 Å². The number of amides is 2. The summed E-state index contributed by atoms with van der Waals surface area (Å²) in [5.41, 5.74) is 2.45. The SMILES string of the molecule is COc1ccc(NC(=O)CSc2nnc(CC(=O)Nc3ccccc3C)n2C)cc1. The quantitative estimate of drug-likeness (QED) is 0.539. The molecule has 1 aromatic heterocycles. The molecule has 2 amide bonds. The first kappa shape index (κ1) is 21.4. The van der Waals surface area contributed by atoms with Gasteiger partial charge in [-0.15, -0.1) is 10.2 Å². The van der Waals surface area contributed by atoms with Crippen LogP contribution in [0.2, 0.25) is 0 Å². The number of para-hydroxylation sites is 1. The van der Waals surface area contributed by atoms with Gasteiger partial charge in [-0.1, -0.05) is 30.0 Å². The molecular formula is C21H23N5O3S. The largest absolute Gasteiger partial charge is 0.497 e. The minimum atomic E-state index is -0.173. The van der Waals surface area contributed by atoms with Crippen LogP contribution in [0.4, 0.5) is 11.4 Å². The molecule has 2 aromatic carbocycles. The number of carbonyl (C=O) groups is 2. The second-order valence-corrected chi connectivity index (χ2v) is 7.51. The van der Waals surface area contributed by atoms with Gasteiger partial charge in [-0.3, -0.25) is 9.59 Å². The van der Waals surface area contributed by atoms with Gasteiger partial charge >= 0.3 is 0 Å². The fraction of sp³-hybridized carbons (Fsp3) is 0.238. The Labute approximate surface area is 179 Å². The molecule has 3 rings (SSSR count). The van der Waals surface area contributed by atoms with Crippen molar-refractivity contribution >= 4 is 35.0 Å². The van der Waals surface area contributed by atoms with Crippen molar-refractivity contribution in [1.29, 1.82) is 0 Å². The summed E-state index contributed by atoms with van der Waals surface area (Å²) in [6.07, 6.45) is 0.0937. The summed E-state index contributed by atoms with van der Waals surface area (Å²) in [6, 6.07) is 14.7. The van der Waals surface area contributed by atoms with E-state index >= 15 is 0 Å². The van der Waals surface area contributed by atoms with Gasteiger partial charge in [-0.05, 0) is 42.8 Å². The Hall–Kier alpha value is -3.33. The number of nitrogens with one attached hydrogen (secondary N) is 2. The molecule has 0 saturated carbocycles. The van der Waals surface area contributed by atoms with E-state index in [0.29, 0.717) is 16.7 Å². The highest BCUT2D eigenvalue weighted by Crippen LogP contribution is 2.19. The predicted octanol–water partition coefficient (Wildman–Crippen LogP) is 3.04. The lowest BCUT2D eigenvalue weighted by Gasteiger charge is -2.08. The number of hydrogen-bond acceptors (Lipinski definition) is 6. The van der Waals surface area contributed by atoms with Crippen LogP contribution in [0.1, 0.15) is 11.4 Å². The van der Waals surface area contributed by atoms with Crippen LogP contribution in [0, 0.1) is 6.92 Å². The van der Waals surface area contributed by atoms with Crippen LogP contribution < -0.4 is 15.4 Å². The van der Waals surface area contributed by atoms with Crippen LogP contribution in [0.3, 0.4) is 0 Å². The van der Waals surface area contributed by atoms with E-state index in [1.165, 1.54) is 11.8 Å². The maximum Gasteiger partial charge on any atom is 0.234 e. The van der Waals surface area contributed by atoms with Gasteiger partial charge in [0, 0.05) is 18.4 Å². The van der Waals surface area contributed by atoms with E-state index in [2.05, 4.69) is 20.8 Å². The molecular weight excluding hydrogens is 402 g/mol. The Bertz CT molecular complexity index is 1030. The molecule has 0 aliphatic heterocycles. The third kappa shape index (κ3) is 5.60. The summed E-state index contributed by atoms with van der Waals surface area (Å²) in [5, 5.41) is 14.4. The van der Waals surface area contributed by atoms with E-state index in [1.54, 1.807) is 43.0 Å². The zero-order chi connectivity index (χ0) is 21.5. The van der Waals surface area contributed by atoms with Crippen molar-refractivity contribution in [3.63, 3.8) is 0 Å². The van der Waals surface area contributed by atoms with E-state index in [-0.39, 0.29) is 24.0 Å². The number of thioether (sulfide) groups is 1. The summed E-state index contributed by atoms with van der Waals surface area (Å²) in [4.78, 5) is 24.5. The molecule has 0 aliphatic rings. The number of hydrogen-bond donors (Lipinski definition) is 2. The molecule has 0 unspecified atom stereocenters. The molecule has 156 valence electrons. The number of rotatable bonds is 8. The van der Waals surface area contributed by atoms with Crippen LogP contribution in [0.15, 0.2) is 53.7 Å². The van der Waals surface area contributed by atoms with Gasteiger partial charge in [0.25, 0.3) is 0 Å². The molecule has 9 heteroatoms. The van der Waals surface area contributed by atoms with Crippen molar-refractivity contribution in [1.82, 2.24) is 14.8 Å². The summed E-state index contributed by atoms with van der Waals surface area (Å²) in [6.45, 7) is 1.93. The molecule has 2 N–H and O–H groups in total. The maximum atomic E-state index is 12.3. The molecule has 0 saturated heterocycles. The predicted molar refractivity (Wildman–Crippen MR) is 117 cm³/mol. The van der Waals surface area contributed by atoms with Crippen molar-refractivity contribution in [2.24, 2.45) is 7.05 Å². The number of nitrogens with zero attached hydrogens (tertiary/aromatic N) is 3. The van der Waals surface area contributed by atoms with Gasteiger partial charge < -0.3 is 19.9 Å². The molecule has 0 radical (unpaired) electrons. The van der Waals surface area contributed by atoms with E-state index in [0.717, 1.165) is 17.0 Å². The highest BCUT2D eigenvalue weighted by Gasteiger charge is 2.15. The normalized spacial score (nSPS) is 10.5. The topological polar surface area (TPSA) is 98.1 Å². The van der Waals surface area contributed by atoms with Crippen LogP contribution >= 0.6 is 11.8 Å².